The van der Waals surface area contributed by atoms with Crippen molar-refractivity contribution < 1.29 is 27.5 Å². The van der Waals surface area contributed by atoms with Crippen molar-refractivity contribution in [2.45, 2.75) is 62.6 Å². The molecule has 1 aliphatic carbocycles. The fraction of sp³-hybridized carbons (Fsp3) is 0.316. The summed E-state index contributed by atoms with van der Waals surface area (Å²) in [5, 5.41) is 3.21. The van der Waals surface area contributed by atoms with Crippen LogP contribution < -0.4 is 19.1 Å². The number of aryl methyl sites for hydroxylation is 1. The molecule has 252 valence electrons. The van der Waals surface area contributed by atoms with Gasteiger partial charge in [0.05, 0.1) is 24.8 Å². The van der Waals surface area contributed by atoms with E-state index in [1.165, 1.54) is 31.3 Å². The van der Waals surface area contributed by atoms with Crippen molar-refractivity contribution in [1.82, 2.24) is 10.2 Å². The number of benzene rings is 4. The number of carbonyl (C=O) groups excluding carboxylic acids is 2. The second-order valence-corrected chi connectivity index (χ2v) is 13.9. The normalized spacial score (nSPS) is 13.8. The van der Waals surface area contributed by atoms with Crippen LogP contribution in [-0.4, -0.2) is 58.0 Å². The molecule has 0 saturated heterocycles. The van der Waals surface area contributed by atoms with Gasteiger partial charge in [0.25, 0.3) is 10.0 Å². The van der Waals surface area contributed by atoms with Gasteiger partial charge in [-0.1, -0.05) is 79.6 Å². The summed E-state index contributed by atoms with van der Waals surface area (Å²) in [6.45, 7) is 1.50. The first-order valence-corrected chi connectivity index (χ1v) is 17.6. The highest BCUT2D eigenvalue weighted by Crippen LogP contribution is 2.33. The maximum atomic E-state index is 14.8. The number of sulfonamides is 1. The van der Waals surface area contributed by atoms with E-state index in [0.29, 0.717) is 5.75 Å². The number of carbonyl (C=O) groups is 2. The fourth-order valence-corrected chi connectivity index (χ4v) is 7.54. The molecule has 5 rings (SSSR count). The van der Waals surface area contributed by atoms with E-state index in [-0.39, 0.29) is 41.2 Å². The van der Waals surface area contributed by atoms with E-state index in [1.54, 1.807) is 36.4 Å². The maximum Gasteiger partial charge on any atom is 0.264 e. The summed E-state index contributed by atoms with van der Waals surface area (Å²) >= 11 is 0. The predicted molar refractivity (Wildman–Crippen MR) is 187 cm³/mol. The van der Waals surface area contributed by atoms with Crippen LogP contribution in [-0.2, 0) is 32.6 Å². The third-order valence-corrected chi connectivity index (χ3v) is 10.6. The number of hydrogen-bond donors (Lipinski definition) is 1. The van der Waals surface area contributed by atoms with Crippen LogP contribution in [0, 0.1) is 6.92 Å². The maximum absolute atomic E-state index is 14.8. The summed E-state index contributed by atoms with van der Waals surface area (Å²) in [6.07, 6.45) is 4.11. The highest BCUT2D eigenvalue weighted by molar-refractivity contribution is 7.92. The van der Waals surface area contributed by atoms with Crippen molar-refractivity contribution in [3.8, 4) is 11.5 Å². The van der Waals surface area contributed by atoms with Crippen molar-refractivity contribution in [3.63, 3.8) is 0 Å². The van der Waals surface area contributed by atoms with Gasteiger partial charge in [-0.3, -0.25) is 13.9 Å². The minimum atomic E-state index is -4.30. The number of ether oxygens (including phenoxy) is 2. The summed E-state index contributed by atoms with van der Waals surface area (Å²) < 4.78 is 40.6. The average molecular weight is 670 g/mol. The molecule has 0 unspecified atom stereocenters. The van der Waals surface area contributed by atoms with Gasteiger partial charge >= 0.3 is 0 Å². The van der Waals surface area contributed by atoms with Crippen LogP contribution in [0.2, 0.25) is 0 Å². The predicted octanol–water partition coefficient (Wildman–Crippen LogP) is 5.91. The molecule has 1 fully saturated rings. The molecule has 2 amide bonds. The quantitative estimate of drug-likeness (QED) is 0.179. The third kappa shape index (κ3) is 8.17. The molecule has 10 heteroatoms. The second-order valence-electron chi connectivity index (χ2n) is 12.0. The number of methoxy groups -OCH3 is 2. The van der Waals surface area contributed by atoms with E-state index in [1.807, 2.05) is 61.5 Å². The van der Waals surface area contributed by atoms with Gasteiger partial charge in [-0.15, -0.1) is 0 Å². The Bertz CT molecular complexity index is 1790. The van der Waals surface area contributed by atoms with Crippen molar-refractivity contribution in [2.24, 2.45) is 0 Å². The largest absolute Gasteiger partial charge is 0.497 e. The molecular weight excluding hydrogens is 627 g/mol. The first-order valence-electron chi connectivity index (χ1n) is 16.2. The van der Waals surface area contributed by atoms with Gasteiger partial charge in [-0.05, 0) is 72.9 Å². The Balaban J connectivity index is 1.59. The molecule has 4 aromatic rings. The highest BCUT2D eigenvalue weighted by Gasteiger charge is 2.36. The Morgan fingerprint density at radius 3 is 2.15 bits per heavy atom. The molecule has 9 nitrogen and oxygen atoms in total. The number of hydrogen-bond acceptors (Lipinski definition) is 6. The SMILES string of the molecule is COc1ccc(S(=O)(=O)N(CC(=O)N(Cc2ccccc2C)[C@@H](Cc2ccccc2)C(=O)NC2CCCC2)c2ccccc2OC)cc1. The van der Waals surface area contributed by atoms with Crippen molar-refractivity contribution >= 4 is 27.5 Å². The van der Waals surface area contributed by atoms with Crippen LogP contribution in [0.3, 0.4) is 0 Å². The van der Waals surface area contributed by atoms with Gasteiger partial charge in [0.15, 0.2) is 0 Å². The molecule has 48 heavy (non-hydrogen) atoms. The summed E-state index contributed by atoms with van der Waals surface area (Å²) in [5.74, 6) is 0.00115. The molecule has 0 aromatic heterocycles. The summed E-state index contributed by atoms with van der Waals surface area (Å²) in [6, 6.07) is 29.1. The Hall–Kier alpha value is -4.83. The molecule has 1 N–H and O–H groups in total. The molecule has 1 aliphatic rings. The molecule has 4 aromatic carbocycles. The zero-order valence-corrected chi connectivity index (χ0v) is 28.5. The monoisotopic (exact) mass is 669 g/mol. The Kier molecular flexibility index (Phi) is 11.4. The van der Waals surface area contributed by atoms with Crippen LogP contribution in [0.1, 0.15) is 42.4 Å². The van der Waals surface area contributed by atoms with Crippen molar-refractivity contribution in [1.29, 1.82) is 0 Å². The van der Waals surface area contributed by atoms with Crippen molar-refractivity contribution in [2.75, 3.05) is 25.1 Å². The molecule has 0 bridgehead atoms. The number of amides is 2. The first-order chi connectivity index (χ1) is 23.2. The van der Waals surface area contributed by atoms with Crippen LogP contribution in [0.25, 0.3) is 0 Å². The number of rotatable bonds is 14. The molecule has 0 aliphatic heterocycles. The standard InChI is InChI=1S/C38H43N3O6S/c1-28-13-7-8-16-30(28)26-40(35(25-29-14-5-4-6-15-29)38(43)39-31-17-9-10-18-31)37(42)27-41(34-19-11-12-20-36(34)47-3)48(44,45)33-23-21-32(46-2)22-24-33/h4-8,11-16,19-24,31,35H,9-10,17-18,25-27H2,1-3H3,(H,39,43)/t35-/m0/s1. The van der Waals surface area contributed by atoms with E-state index in [2.05, 4.69) is 5.32 Å². The lowest BCUT2D eigenvalue weighted by molar-refractivity contribution is -0.140. The lowest BCUT2D eigenvalue weighted by Crippen LogP contribution is -2.54. The lowest BCUT2D eigenvalue weighted by atomic mass is 10.0. The van der Waals surface area contributed by atoms with Gasteiger partial charge in [0.2, 0.25) is 11.8 Å². The first kappa shape index (κ1) is 34.5. The average Bonchev–Trinajstić information content (AvgIpc) is 3.62. The van der Waals surface area contributed by atoms with Crippen molar-refractivity contribution in [3.05, 3.63) is 120 Å². The molecular formula is C38H43N3O6S. The highest BCUT2D eigenvalue weighted by atomic mass is 32.2. The van der Waals surface area contributed by atoms with Crippen LogP contribution in [0.15, 0.2) is 108 Å². The summed E-state index contributed by atoms with van der Waals surface area (Å²) in [5.41, 5.74) is 2.91. The van der Waals surface area contributed by atoms with Gasteiger partial charge in [0.1, 0.15) is 24.1 Å². The Morgan fingerprint density at radius 2 is 1.48 bits per heavy atom. The molecule has 0 spiro atoms. The topological polar surface area (TPSA) is 105 Å². The van der Waals surface area contributed by atoms with Crippen LogP contribution in [0.5, 0.6) is 11.5 Å². The summed E-state index contributed by atoms with van der Waals surface area (Å²) in [7, 11) is -1.34. The number of para-hydroxylation sites is 2. The molecule has 0 radical (unpaired) electrons. The van der Waals surface area contributed by atoms with E-state index in [4.69, 9.17) is 9.47 Å². The zero-order valence-electron chi connectivity index (χ0n) is 27.7. The van der Waals surface area contributed by atoms with Crippen LogP contribution in [0.4, 0.5) is 5.69 Å². The van der Waals surface area contributed by atoms with Gasteiger partial charge in [0, 0.05) is 19.0 Å². The lowest BCUT2D eigenvalue weighted by Gasteiger charge is -2.35. The van der Waals surface area contributed by atoms with Gasteiger partial charge < -0.3 is 19.7 Å². The molecule has 1 saturated carbocycles. The number of nitrogens with one attached hydrogen (secondary N) is 1. The van der Waals surface area contributed by atoms with Gasteiger partial charge in [-0.25, -0.2) is 8.42 Å². The Labute approximate surface area is 283 Å². The minimum absolute atomic E-state index is 0.0210. The third-order valence-electron chi connectivity index (χ3n) is 8.85. The zero-order chi connectivity index (χ0) is 34.1. The smallest absolute Gasteiger partial charge is 0.264 e. The van der Waals surface area contributed by atoms with E-state index in [0.717, 1.165) is 46.7 Å². The summed E-state index contributed by atoms with van der Waals surface area (Å²) in [4.78, 5) is 30.5. The van der Waals surface area contributed by atoms with Crippen LogP contribution >= 0.6 is 0 Å². The second kappa shape index (κ2) is 15.8. The number of nitrogens with zero attached hydrogens (tertiary/aromatic N) is 2. The molecule has 0 heterocycles. The van der Waals surface area contributed by atoms with E-state index < -0.39 is 28.5 Å². The number of anilines is 1. The fourth-order valence-electron chi connectivity index (χ4n) is 6.12. The molecule has 1 atom stereocenters. The van der Waals surface area contributed by atoms with Gasteiger partial charge in [-0.2, -0.15) is 0 Å². The van der Waals surface area contributed by atoms with E-state index in [9.17, 15) is 18.0 Å². The van der Waals surface area contributed by atoms with E-state index >= 15 is 0 Å². The Morgan fingerprint density at radius 1 is 0.833 bits per heavy atom. The minimum Gasteiger partial charge on any atom is -0.497 e.